The van der Waals surface area contributed by atoms with Crippen LogP contribution in [-0.2, 0) is 19.1 Å². The molecule has 1 N–H and O–H groups in total. The van der Waals surface area contributed by atoms with Crippen molar-refractivity contribution in [1.82, 2.24) is 0 Å². The van der Waals surface area contributed by atoms with Crippen LogP contribution in [0.15, 0.2) is 28.5 Å². The van der Waals surface area contributed by atoms with Gasteiger partial charge in [0.25, 0.3) is 0 Å². The van der Waals surface area contributed by atoms with Crippen molar-refractivity contribution in [2.75, 3.05) is 14.2 Å². The quantitative estimate of drug-likeness (QED) is 0.190. The van der Waals surface area contributed by atoms with Gasteiger partial charge < -0.3 is 14.7 Å². The number of allylic oxidation sites excluding steroid dienone is 2. The highest BCUT2D eigenvalue weighted by molar-refractivity contribution is 6.09. The normalized spacial score (nSPS) is 12.7. The van der Waals surface area contributed by atoms with Crippen LogP contribution in [0.25, 0.3) is 0 Å². The summed E-state index contributed by atoms with van der Waals surface area (Å²) in [6.07, 6.45) is 3.56. The summed E-state index contributed by atoms with van der Waals surface area (Å²) in [5.74, 6) is -1.19. The van der Waals surface area contributed by atoms with Crippen molar-refractivity contribution in [2.24, 2.45) is 5.16 Å². The summed E-state index contributed by atoms with van der Waals surface area (Å²) in [7, 11) is 2.44. The molecule has 0 unspecified atom stereocenters. The molecular formula is C10H13NO5. The molecule has 0 aliphatic carbocycles. The predicted octanol–water partition coefficient (Wildman–Crippen LogP) is 0.665. The minimum atomic E-state index is -0.674. The third kappa shape index (κ3) is 4.41. The second-order valence-electron chi connectivity index (χ2n) is 2.70. The summed E-state index contributed by atoms with van der Waals surface area (Å²) in [5.41, 5.74) is 0.309. The Morgan fingerprint density at radius 2 is 1.69 bits per heavy atom. The van der Waals surface area contributed by atoms with Crippen molar-refractivity contribution in [2.45, 2.75) is 6.92 Å². The topological polar surface area (TPSA) is 85.2 Å². The first-order valence-corrected chi connectivity index (χ1v) is 4.29. The predicted molar refractivity (Wildman–Crippen MR) is 56.2 cm³/mol. The number of hydrogen-bond acceptors (Lipinski definition) is 6. The van der Waals surface area contributed by atoms with Crippen LogP contribution < -0.4 is 0 Å². The first-order valence-electron chi connectivity index (χ1n) is 4.29. The fraction of sp³-hybridized carbons (Fsp3) is 0.300. The van der Waals surface area contributed by atoms with Crippen LogP contribution in [0.1, 0.15) is 6.92 Å². The first-order chi connectivity index (χ1) is 7.56. The van der Waals surface area contributed by atoms with Crippen LogP contribution in [0.2, 0.25) is 0 Å². The van der Waals surface area contributed by atoms with Gasteiger partial charge in [0.1, 0.15) is 0 Å². The highest BCUT2D eigenvalue weighted by Crippen LogP contribution is 2.00. The molecule has 0 rings (SSSR count). The van der Waals surface area contributed by atoms with Gasteiger partial charge in [0.2, 0.25) is 0 Å². The molecule has 0 amide bonds. The Kier molecular flexibility index (Phi) is 6.27. The highest BCUT2D eigenvalue weighted by Gasteiger charge is 2.07. The van der Waals surface area contributed by atoms with E-state index in [-0.39, 0.29) is 5.57 Å². The summed E-state index contributed by atoms with van der Waals surface area (Å²) in [4.78, 5) is 22.1. The van der Waals surface area contributed by atoms with E-state index in [1.165, 1.54) is 33.3 Å². The third-order valence-corrected chi connectivity index (χ3v) is 1.64. The number of oxime groups is 1. The molecule has 0 aliphatic rings. The van der Waals surface area contributed by atoms with Crippen molar-refractivity contribution >= 4 is 18.2 Å². The minimum Gasteiger partial charge on any atom is -0.466 e. The molecular weight excluding hydrogens is 214 g/mol. The molecule has 0 aliphatic heterocycles. The van der Waals surface area contributed by atoms with E-state index in [0.717, 1.165) is 6.21 Å². The Hall–Kier alpha value is -2.11. The lowest BCUT2D eigenvalue weighted by molar-refractivity contribution is -0.136. The molecule has 0 radical (unpaired) electrons. The molecule has 0 aromatic heterocycles. The Balaban J connectivity index is 4.95. The van der Waals surface area contributed by atoms with Crippen molar-refractivity contribution in [3.63, 3.8) is 0 Å². The van der Waals surface area contributed by atoms with Gasteiger partial charge in [-0.25, -0.2) is 9.59 Å². The second kappa shape index (κ2) is 7.22. The molecule has 0 heterocycles. The van der Waals surface area contributed by atoms with E-state index < -0.39 is 11.9 Å². The summed E-state index contributed by atoms with van der Waals surface area (Å²) in [6.45, 7) is 1.52. The minimum absolute atomic E-state index is 0.00764. The molecule has 0 atom stereocenters. The molecule has 0 saturated carbocycles. The summed E-state index contributed by atoms with van der Waals surface area (Å²) < 4.78 is 8.88. The zero-order valence-electron chi connectivity index (χ0n) is 9.26. The summed E-state index contributed by atoms with van der Waals surface area (Å²) in [6, 6.07) is 0. The van der Waals surface area contributed by atoms with Crippen LogP contribution in [0, 0.1) is 0 Å². The number of ether oxygens (including phenoxy) is 2. The zero-order valence-corrected chi connectivity index (χ0v) is 9.26. The average Bonchev–Trinajstić information content (AvgIpc) is 2.31. The zero-order chi connectivity index (χ0) is 12.6. The Bertz CT molecular complexity index is 354. The SMILES string of the molecule is COC(=O)/C(C)=C/C=C(\C=N\O)C(=O)OC. The lowest BCUT2D eigenvalue weighted by Crippen LogP contribution is -2.06. The van der Waals surface area contributed by atoms with E-state index in [1.54, 1.807) is 0 Å². The van der Waals surface area contributed by atoms with Gasteiger partial charge in [-0.3, -0.25) is 0 Å². The van der Waals surface area contributed by atoms with Crippen LogP contribution in [-0.4, -0.2) is 37.6 Å². The van der Waals surface area contributed by atoms with E-state index >= 15 is 0 Å². The van der Waals surface area contributed by atoms with Gasteiger partial charge in [-0.2, -0.15) is 0 Å². The van der Waals surface area contributed by atoms with Crippen LogP contribution in [0.4, 0.5) is 0 Å². The van der Waals surface area contributed by atoms with Crippen LogP contribution >= 0.6 is 0 Å². The number of carbonyl (C=O) groups excluding carboxylic acids is 2. The lowest BCUT2D eigenvalue weighted by Gasteiger charge is -1.98. The molecule has 0 spiro atoms. The molecule has 0 aromatic rings. The van der Waals surface area contributed by atoms with Crippen LogP contribution in [0.5, 0.6) is 0 Å². The van der Waals surface area contributed by atoms with Gasteiger partial charge in [-0.1, -0.05) is 11.2 Å². The maximum Gasteiger partial charge on any atom is 0.339 e. The molecule has 0 bridgehead atoms. The number of hydrogen-bond donors (Lipinski definition) is 1. The van der Waals surface area contributed by atoms with Gasteiger partial charge >= 0.3 is 11.9 Å². The Labute approximate surface area is 92.8 Å². The molecule has 6 heteroatoms. The van der Waals surface area contributed by atoms with Gasteiger partial charge in [-0.15, -0.1) is 0 Å². The van der Waals surface area contributed by atoms with Crippen molar-refractivity contribution in [1.29, 1.82) is 0 Å². The average molecular weight is 227 g/mol. The van der Waals surface area contributed by atoms with E-state index in [9.17, 15) is 9.59 Å². The lowest BCUT2D eigenvalue weighted by atomic mass is 10.2. The summed E-state index contributed by atoms with van der Waals surface area (Å²) >= 11 is 0. The smallest absolute Gasteiger partial charge is 0.339 e. The monoisotopic (exact) mass is 227 g/mol. The Morgan fingerprint density at radius 3 is 2.12 bits per heavy atom. The van der Waals surface area contributed by atoms with E-state index in [2.05, 4.69) is 14.6 Å². The number of rotatable bonds is 4. The van der Waals surface area contributed by atoms with E-state index in [0.29, 0.717) is 5.57 Å². The summed E-state index contributed by atoms with van der Waals surface area (Å²) in [5, 5.41) is 11.0. The third-order valence-electron chi connectivity index (χ3n) is 1.64. The molecule has 0 aromatic carbocycles. The molecule has 6 nitrogen and oxygen atoms in total. The van der Waals surface area contributed by atoms with Gasteiger partial charge in [0, 0.05) is 5.57 Å². The van der Waals surface area contributed by atoms with Crippen molar-refractivity contribution in [3.05, 3.63) is 23.3 Å². The highest BCUT2D eigenvalue weighted by atomic mass is 16.5. The maximum atomic E-state index is 11.1. The van der Waals surface area contributed by atoms with E-state index in [4.69, 9.17) is 5.21 Å². The van der Waals surface area contributed by atoms with Crippen LogP contribution in [0.3, 0.4) is 0 Å². The fourth-order valence-electron chi connectivity index (χ4n) is 0.788. The number of nitrogens with zero attached hydrogens (tertiary/aromatic N) is 1. The molecule has 16 heavy (non-hydrogen) atoms. The van der Waals surface area contributed by atoms with Gasteiger partial charge in [-0.05, 0) is 13.0 Å². The first kappa shape index (κ1) is 13.9. The molecule has 0 saturated heterocycles. The van der Waals surface area contributed by atoms with E-state index in [1.807, 2.05) is 0 Å². The number of esters is 2. The second-order valence-corrected chi connectivity index (χ2v) is 2.70. The largest absolute Gasteiger partial charge is 0.466 e. The van der Waals surface area contributed by atoms with Crippen molar-refractivity contribution < 1.29 is 24.3 Å². The standard InChI is InChI=1S/C10H13NO5/c1-7(9(12)15-2)4-5-8(6-11-14)10(13)16-3/h4-6,14H,1-3H3/b7-4+,8-5+,11-6+. The number of carbonyl (C=O) groups is 2. The number of methoxy groups -OCH3 is 2. The fourth-order valence-corrected chi connectivity index (χ4v) is 0.788. The van der Waals surface area contributed by atoms with Gasteiger partial charge in [0.15, 0.2) is 0 Å². The maximum absolute atomic E-state index is 11.1. The van der Waals surface area contributed by atoms with Gasteiger partial charge in [0.05, 0.1) is 26.0 Å². The Morgan fingerprint density at radius 1 is 1.12 bits per heavy atom. The van der Waals surface area contributed by atoms with Crippen molar-refractivity contribution in [3.8, 4) is 0 Å². The molecule has 0 fully saturated rings. The molecule has 88 valence electrons.